The Morgan fingerprint density at radius 1 is 1.00 bits per heavy atom. The number of ether oxygens (including phenoxy) is 3. The zero-order chi connectivity index (χ0) is 19.9. The highest BCUT2D eigenvalue weighted by molar-refractivity contribution is 5.35. The SMILES string of the molecule is CC=CC1CCC(c2ccc(COc3ccc(OCC)c(F)c3F)cc2)OC1. The summed E-state index contributed by atoms with van der Waals surface area (Å²) in [6.07, 6.45) is 6.47. The van der Waals surface area contributed by atoms with Crippen LogP contribution < -0.4 is 9.47 Å². The predicted octanol–water partition coefficient (Wildman–Crippen LogP) is 5.99. The minimum atomic E-state index is -1.03. The number of halogens is 2. The first kappa shape index (κ1) is 20.3. The van der Waals surface area contributed by atoms with E-state index in [2.05, 4.69) is 12.2 Å². The Kier molecular flexibility index (Phi) is 7.04. The molecule has 2 unspecified atom stereocenters. The quantitative estimate of drug-likeness (QED) is 0.546. The van der Waals surface area contributed by atoms with E-state index in [1.54, 1.807) is 6.92 Å². The van der Waals surface area contributed by atoms with Crippen molar-refractivity contribution in [1.82, 2.24) is 0 Å². The first-order valence-electron chi connectivity index (χ1n) is 9.69. The van der Waals surface area contributed by atoms with Crippen LogP contribution in [0, 0.1) is 17.6 Å². The van der Waals surface area contributed by atoms with Crippen LogP contribution >= 0.6 is 0 Å². The van der Waals surface area contributed by atoms with Gasteiger partial charge < -0.3 is 14.2 Å². The zero-order valence-electron chi connectivity index (χ0n) is 16.3. The van der Waals surface area contributed by atoms with E-state index in [0.717, 1.165) is 30.6 Å². The molecule has 3 nitrogen and oxygen atoms in total. The van der Waals surface area contributed by atoms with Crippen LogP contribution in [0.2, 0.25) is 0 Å². The fourth-order valence-corrected chi connectivity index (χ4v) is 3.34. The summed E-state index contributed by atoms with van der Waals surface area (Å²) in [6, 6.07) is 10.6. The molecule has 28 heavy (non-hydrogen) atoms. The van der Waals surface area contributed by atoms with Crippen LogP contribution in [0.4, 0.5) is 8.78 Å². The van der Waals surface area contributed by atoms with Crippen molar-refractivity contribution in [3.63, 3.8) is 0 Å². The zero-order valence-corrected chi connectivity index (χ0v) is 16.3. The van der Waals surface area contributed by atoms with Gasteiger partial charge in [0.1, 0.15) is 6.61 Å². The summed E-state index contributed by atoms with van der Waals surface area (Å²) in [7, 11) is 0. The highest BCUT2D eigenvalue weighted by Crippen LogP contribution is 2.32. The van der Waals surface area contributed by atoms with Crippen molar-refractivity contribution in [3.8, 4) is 11.5 Å². The molecule has 0 aliphatic carbocycles. The van der Waals surface area contributed by atoms with Gasteiger partial charge >= 0.3 is 0 Å². The fourth-order valence-electron chi connectivity index (χ4n) is 3.34. The van der Waals surface area contributed by atoms with Gasteiger partial charge in [0.2, 0.25) is 11.6 Å². The van der Waals surface area contributed by atoms with Crippen LogP contribution in [0.25, 0.3) is 0 Å². The van der Waals surface area contributed by atoms with E-state index in [0.29, 0.717) is 5.92 Å². The summed E-state index contributed by atoms with van der Waals surface area (Å²) < 4.78 is 44.5. The minimum absolute atomic E-state index is 0.106. The molecule has 2 aromatic rings. The van der Waals surface area contributed by atoms with E-state index in [4.69, 9.17) is 14.2 Å². The molecule has 1 heterocycles. The van der Waals surface area contributed by atoms with Crippen molar-refractivity contribution >= 4 is 0 Å². The van der Waals surface area contributed by atoms with Crippen LogP contribution in [0.3, 0.4) is 0 Å². The van der Waals surface area contributed by atoms with Crippen LogP contribution in [0.15, 0.2) is 48.6 Å². The fraction of sp³-hybridized carbons (Fsp3) is 0.391. The number of benzene rings is 2. The molecule has 1 fully saturated rings. The van der Waals surface area contributed by atoms with E-state index in [1.165, 1.54) is 12.1 Å². The Labute approximate surface area is 164 Å². The monoisotopic (exact) mass is 388 g/mol. The first-order chi connectivity index (χ1) is 13.6. The summed E-state index contributed by atoms with van der Waals surface area (Å²) in [6.45, 7) is 4.90. The van der Waals surface area contributed by atoms with E-state index < -0.39 is 11.6 Å². The van der Waals surface area contributed by atoms with Crippen molar-refractivity contribution in [1.29, 1.82) is 0 Å². The molecular formula is C23H26F2O3. The number of hydrogen-bond acceptors (Lipinski definition) is 3. The molecule has 5 heteroatoms. The van der Waals surface area contributed by atoms with Crippen molar-refractivity contribution in [2.75, 3.05) is 13.2 Å². The summed E-state index contributed by atoms with van der Waals surface area (Å²) >= 11 is 0. The lowest BCUT2D eigenvalue weighted by molar-refractivity contribution is -0.00526. The van der Waals surface area contributed by atoms with E-state index in [9.17, 15) is 8.78 Å². The summed E-state index contributed by atoms with van der Waals surface area (Å²) in [5.41, 5.74) is 2.00. The molecule has 1 aliphatic heterocycles. The Morgan fingerprint density at radius 3 is 2.25 bits per heavy atom. The van der Waals surface area contributed by atoms with Gasteiger partial charge in [0, 0.05) is 5.92 Å². The van der Waals surface area contributed by atoms with Gasteiger partial charge in [0.25, 0.3) is 0 Å². The summed E-state index contributed by atoms with van der Waals surface area (Å²) in [4.78, 5) is 0. The van der Waals surface area contributed by atoms with Crippen LogP contribution in [-0.4, -0.2) is 13.2 Å². The molecule has 0 amide bonds. The Hall–Kier alpha value is -2.40. The second-order valence-electron chi connectivity index (χ2n) is 6.84. The highest BCUT2D eigenvalue weighted by atomic mass is 19.2. The molecule has 0 bridgehead atoms. The van der Waals surface area contributed by atoms with Gasteiger partial charge in [-0.05, 0) is 49.9 Å². The van der Waals surface area contributed by atoms with Gasteiger partial charge in [-0.2, -0.15) is 8.78 Å². The second-order valence-corrected chi connectivity index (χ2v) is 6.84. The van der Waals surface area contributed by atoms with E-state index in [-0.39, 0.29) is 30.8 Å². The van der Waals surface area contributed by atoms with Crippen LogP contribution in [0.1, 0.15) is 43.9 Å². The van der Waals surface area contributed by atoms with Gasteiger partial charge in [-0.3, -0.25) is 0 Å². The van der Waals surface area contributed by atoms with E-state index in [1.807, 2.05) is 31.2 Å². The number of hydrogen-bond donors (Lipinski definition) is 0. The molecule has 0 aromatic heterocycles. The smallest absolute Gasteiger partial charge is 0.204 e. The van der Waals surface area contributed by atoms with Crippen molar-refractivity contribution < 1.29 is 23.0 Å². The molecule has 2 atom stereocenters. The molecule has 1 saturated heterocycles. The molecule has 1 aliphatic rings. The molecule has 150 valence electrons. The lowest BCUT2D eigenvalue weighted by atomic mass is 9.94. The van der Waals surface area contributed by atoms with Gasteiger partial charge in [-0.1, -0.05) is 36.4 Å². The Bertz CT molecular complexity index is 794. The van der Waals surface area contributed by atoms with Gasteiger partial charge in [-0.15, -0.1) is 0 Å². The van der Waals surface area contributed by atoms with Gasteiger partial charge in [0.05, 0.1) is 19.3 Å². The lowest BCUT2D eigenvalue weighted by Crippen LogP contribution is -2.19. The maximum Gasteiger partial charge on any atom is 0.204 e. The van der Waals surface area contributed by atoms with Gasteiger partial charge in [-0.25, -0.2) is 0 Å². The normalized spacial score (nSPS) is 19.7. The standard InChI is InChI=1S/C23H26F2O3/c1-3-5-16-8-11-19(27-14-16)18-9-6-17(7-10-18)15-28-21-13-12-20(26-4-2)22(24)23(21)25/h3,5-7,9-10,12-13,16,19H,4,8,11,14-15H2,1-2H3. The third kappa shape index (κ3) is 4.90. The maximum atomic E-state index is 14.1. The largest absolute Gasteiger partial charge is 0.491 e. The third-order valence-electron chi connectivity index (χ3n) is 4.83. The Balaban J connectivity index is 1.57. The van der Waals surface area contributed by atoms with Crippen LogP contribution in [-0.2, 0) is 11.3 Å². The predicted molar refractivity (Wildman–Crippen MR) is 105 cm³/mol. The molecule has 0 N–H and O–H groups in total. The average Bonchev–Trinajstić information content (AvgIpc) is 2.72. The molecular weight excluding hydrogens is 362 g/mol. The summed E-state index contributed by atoms with van der Waals surface area (Å²) in [5.74, 6) is -1.80. The maximum absolute atomic E-state index is 14.1. The molecule has 2 aromatic carbocycles. The minimum Gasteiger partial charge on any atom is -0.491 e. The number of allylic oxidation sites excluding steroid dienone is 1. The Morgan fingerprint density at radius 2 is 1.68 bits per heavy atom. The molecule has 0 saturated carbocycles. The van der Waals surface area contributed by atoms with Crippen LogP contribution in [0.5, 0.6) is 11.5 Å². The van der Waals surface area contributed by atoms with Gasteiger partial charge in [0.15, 0.2) is 11.5 Å². The van der Waals surface area contributed by atoms with Crippen molar-refractivity contribution in [3.05, 3.63) is 71.3 Å². The average molecular weight is 388 g/mol. The van der Waals surface area contributed by atoms with Crippen molar-refractivity contribution in [2.24, 2.45) is 5.92 Å². The van der Waals surface area contributed by atoms with Crippen molar-refractivity contribution in [2.45, 2.75) is 39.4 Å². The lowest BCUT2D eigenvalue weighted by Gasteiger charge is -2.27. The second kappa shape index (κ2) is 9.69. The highest BCUT2D eigenvalue weighted by Gasteiger charge is 2.21. The molecule has 0 spiro atoms. The topological polar surface area (TPSA) is 27.7 Å². The first-order valence-corrected chi connectivity index (χ1v) is 9.69. The molecule has 3 rings (SSSR count). The summed E-state index contributed by atoms with van der Waals surface area (Å²) in [5, 5.41) is 0. The number of rotatable bonds is 7. The third-order valence-corrected chi connectivity index (χ3v) is 4.83. The molecule has 0 radical (unpaired) electrons. The van der Waals surface area contributed by atoms with E-state index >= 15 is 0 Å².